The minimum absolute atomic E-state index is 0.146. The summed E-state index contributed by atoms with van der Waals surface area (Å²) in [5.74, 6) is -1.82. The molecule has 0 radical (unpaired) electrons. The summed E-state index contributed by atoms with van der Waals surface area (Å²) in [5.41, 5.74) is 4.81. The summed E-state index contributed by atoms with van der Waals surface area (Å²) < 4.78 is 0. The molecule has 0 aliphatic heterocycles. The fourth-order valence-electron chi connectivity index (χ4n) is 0.482. The highest BCUT2D eigenvalue weighted by Crippen LogP contribution is 2.03. The Balaban J connectivity index is 3.49. The van der Waals surface area contributed by atoms with Crippen molar-refractivity contribution in [3.8, 4) is 0 Å². The zero-order valence-electron chi connectivity index (χ0n) is 5.83. The third-order valence-corrected chi connectivity index (χ3v) is 1.25. The van der Waals surface area contributed by atoms with Crippen LogP contribution >= 0.6 is 0 Å². The van der Waals surface area contributed by atoms with Crippen molar-refractivity contribution in [2.75, 3.05) is 0 Å². The fraction of sp³-hybridized carbons (Fsp3) is 0.667. The third kappa shape index (κ3) is 3.88. The van der Waals surface area contributed by atoms with Crippen molar-refractivity contribution >= 4 is 11.9 Å². The molecule has 3 N–H and O–H groups in total. The molecule has 0 saturated heterocycles. The van der Waals surface area contributed by atoms with Crippen molar-refractivity contribution in [1.29, 1.82) is 0 Å². The second-order valence-electron chi connectivity index (χ2n) is 2.24. The van der Waals surface area contributed by atoms with Crippen molar-refractivity contribution < 1.29 is 14.7 Å². The van der Waals surface area contributed by atoms with E-state index in [2.05, 4.69) is 0 Å². The number of hydrogen-bond donors (Lipinski definition) is 2. The number of hydrogen-bond acceptors (Lipinski definition) is 2. The summed E-state index contributed by atoms with van der Waals surface area (Å²) in [4.78, 5) is 20.3. The van der Waals surface area contributed by atoms with Gasteiger partial charge in [0.1, 0.15) is 0 Å². The molecule has 58 valence electrons. The first-order valence-corrected chi connectivity index (χ1v) is 3.05. The quantitative estimate of drug-likeness (QED) is 0.583. The van der Waals surface area contributed by atoms with E-state index in [1.807, 2.05) is 0 Å². The van der Waals surface area contributed by atoms with Crippen molar-refractivity contribution in [2.24, 2.45) is 11.7 Å². The van der Waals surface area contributed by atoms with E-state index in [1.165, 1.54) is 0 Å². The SMILES string of the molecule is CC(CCC(N)=O)C(=O)O. The van der Waals surface area contributed by atoms with E-state index in [4.69, 9.17) is 10.8 Å². The molecule has 0 rings (SSSR count). The highest BCUT2D eigenvalue weighted by atomic mass is 16.4. The Morgan fingerprint density at radius 2 is 2.10 bits per heavy atom. The molecule has 0 aliphatic carbocycles. The molecule has 0 aromatic heterocycles. The number of carbonyl (C=O) groups excluding carboxylic acids is 1. The lowest BCUT2D eigenvalue weighted by Crippen LogP contribution is -2.15. The smallest absolute Gasteiger partial charge is 0.306 e. The van der Waals surface area contributed by atoms with Gasteiger partial charge in [0.05, 0.1) is 5.92 Å². The second kappa shape index (κ2) is 3.87. The molecular weight excluding hydrogens is 134 g/mol. The van der Waals surface area contributed by atoms with Gasteiger partial charge < -0.3 is 10.8 Å². The number of carboxylic acids is 1. The minimum Gasteiger partial charge on any atom is -0.481 e. The van der Waals surface area contributed by atoms with E-state index in [1.54, 1.807) is 6.92 Å². The van der Waals surface area contributed by atoms with Crippen LogP contribution in [0.25, 0.3) is 0 Å². The van der Waals surface area contributed by atoms with Crippen LogP contribution in [0.1, 0.15) is 19.8 Å². The molecule has 0 bridgehead atoms. The Morgan fingerprint density at radius 1 is 1.60 bits per heavy atom. The van der Waals surface area contributed by atoms with E-state index in [0.29, 0.717) is 6.42 Å². The van der Waals surface area contributed by atoms with Gasteiger partial charge in [-0.15, -0.1) is 0 Å². The van der Waals surface area contributed by atoms with Gasteiger partial charge in [0.15, 0.2) is 0 Å². The Kier molecular flexibility index (Phi) is 3.46. The van der Waals surface area contributed by atoms with Crippen LogP contribution < -0.4 is 5.73 Å². The fourth-order valence-corrected chi connectivity index (χ4v) is 0.482. The van der Waals surface area contributed by atoms with Gasteiger partial charge in [0, 0.05) is 6.42 Å². The molecular formula is C6H11NO3. The summed E-state index contributed by atoms with van der Waals surface area (Å²) in [6.45, 7) is 1.55. The van der Waals surface area contributed by atoms with E-state index in [0.717, 1.165) is 0 Å². The van der Waals surface area contributed by atoms with Gasteiger partial charge in [-0.25, -0.2) is 0 Å². The Bertz CT molecular complexity index is 144. The molecule has 0 heterocycles. The Morgan fingerprint density at radius 3 is 2.40 bits per heavy atom. The second-order valence-corrected chi connectivity index (χ2v) is 2.24. The van der Waals surface area contributed by atoms with Crippen LogP contribution in [-0.2, 0) is 9.59 Å². The lowest BCUT2D eigenvalue weighted by atomic mass is 10.1. The summed E-state index contributed by atoms with van der Waals surface area (Å²) in [5, 5.41) is 8.34. The van der Waals surface area contributed by atoms with E-state index < -0.39 is 17.8 Å². The van der Waals surface area contributed by atoms with Gasteiger partial charge in [-0.1, -0.05) is 6.92 Å². The molecule has 10 heavy (non-hydrogen) atoms. The largest absolute Gasteiger partial charge is 0.481 e. The average molecular weight is 145 g/mol. The highest BCUT2D eigenvalue weighted by molar-refractivity contribution is 5.75. The van der Waals surface area contributed by atoms with Crippen LogP contribution in [0.3, 0.4) is 0 Å². The van der Waals surface area contributed by atoms with Crippen molar-refractivity contribution in [3.63, 3.8) is 0 Å². The zero-order chi connectivity index (χ0) is 8.15. The number of nitrogens with two attached hydrogens (primary N) is 1. The lowest BCUT2D eigenvalue weighted by molar-refractivity contribution is -0.141. The molecule has 4 heteroatoms. The summed E-state index contributed by atoms with van der Waals surface area (Å²) in [6.07, 6.45) is 0.470. The molecule has 1 atom stereocenters. The average Bonchev–Trinajstić information content (AvgIpc) is 1.82. The molecule has 1 amide bonds. The number of primary amides is 1. The van der Waals surface area contributed by atoms with E-state index in [-0.39, 0.29) is 6.42 Å². The first-order valence-electron chi connectivity index (χ1n) is 3.05. The third-order valence-electron chi connectivity index (χ3n) is 1.25. The topological polar surface area (TPSA) is 80.4 Å². The van der Waals surface area contributed by atoms with Gasteiger partial charge in [-0.05, 0) is 6.42 Å². The minimum atomic E-state index is -0.888. The van der Waals surface area contributed by atoms with Gasteiger partial charge in [0.2, 0.25) is 5.91 Å². The predicted octanol–water partition coefficient (Wildman–Crippen LogP) is -0.0274. The maximum atomic E-state index is 10.2. The van der Waals surface area contributed by atoms with Crippen LogP contribution in [0.2, 0.25) is 0 Å². The standard InChI is InChI=1S/C6H11NO3/c1-4(6(9)10)2-3-5(7)8/h4H,2-3H2,1H3,(H2,7,8)(H,9,10). The summed E-state index contributed by atoms with van der Waals surface area (Å²) in [7, 11) is 0. The number of carbonyl (C=O) groups is 2. The molecule has 1 unspecified atom stereocenters. The predicted molar refractivity (Wildman–Crippen MR) is 35.2 cm³/mol. The number of rotatable bonds is 4. The molecule has 4 nitrogen and oxygen atoms in total. The van der Waals surface area contributed by atoms with Crippen molar-refractivity contribution in [2.45, 2.75) is 19.8 Å². The normalized spacial score (nSPS) is 12.5. The molecule has 0 aliphatic rings. The highest BCUT2D eigenvalue weighted by Gasteiger charge is 2.10. The lowest BCUT2D eigenvalue weighted by Gasteiger charge is -2.01. The molecule has 0 spiro atoms. The Labute approximate surface area is 59.0 Å². The van der Waals surface area contributed by atoms with Crippen LogP contribution in [-0.4, -0.2) is 17.0 Å². The van der Waals surface area contributed by atoms with E-state index in [9.17, 15) is 9.59 Å². The first kappa shape index (κ1) is 8.94. The van der Waals surface area contributed by atoms with Crippen molar-refractivity contribution in [3.05, 3.63) is 0 Å². The monoisotopic (exact) mass is 145 g/mol. The number of amides is 1. The molecule has 0 saturated carbocycles. The van der Waals surface area contributed by atoms with Gasteiger partial charge in [0.25, 0.3) is 0 Å². The number of carboxylic acid groups (broad SMARTS) is 1. The number of aliphatic carboxylic acids is 1. The molecule has 0 fully saturated rings. The maximum Gasteiger partial charge on any atom is 0.306 e. The van der Waals surface area contributed by atoms with Crippen LogP contribution in [0, 0.1) is 5.92 Å². The van der Waals surface area contributed by atoms with Gasteiger partial charge in [-0.3, -0.25) is 9.59 Å². The van der Waals surface area contributed by atoms with E-state index >= 15 is 0 Å². The van der Waals surface area contributed by atoms with Gasteiger partial charge in [-0.2, -0.15) is 0 Å². The van der Waals surface area contributed by atoms with Crippen molar-refractivity contribution in [1.82, 2.24) is 0 Å². The van der Waals surface area contributed by atoms with Crippen LogP contribution in [0.15, 0.2) is 0 Å². The first-order chi connectivity index (χ1) is 4.54. The Hall–Kier alpha value is -1.06. The molecule has 0 aromatic carbocycles. The molecule has 0 aromatic rings. The van der Waals surface area contributed by atoms with Crippen LogP contribution in [0.4, 0.5) is 0 Å². The summed E-state index contributed by atoms with van der Waals surface area (Å²) >= 11 is 0. The summed E-state index contributed by atoms with van der Waals surface area (Å²) in [6, 6.07) is 0. The van der Waals surface area contributed by atoms with Crippen LogP contribution in [0.5, 0.6) is 0 Å². The maximum absolute atomic E-state index is 10.2. The van der Waals surface area contributed by atoms with Gasteiger partial charge >= 0.3 is 5.97 Å². The zero-order valence-corrected chi connectivity index (χ0v) is 5.83.